The van der Waals surface area contributed by atoms with Crippen molar-refractivity contribution in [3.8, 4) is 0 Å². The smallest absolute Gasteiger partial charge is 0.354 e. The Hall–Kier alpha value is -6.08. The monoisotopic (exact) mass is 1310 g/mol. The molecule has 4 aliphatic rings. The molecule has 26 heteroatoms. The molecule has 4 fully saturated rings. The lowest BCUT2D eigenvalue weighted by Gasteiger charge is -2.38. The third-order valence-electron chi connectivity index (χ3n) is 18.7. The number of carbonyl (C=O) groups is 10. The molecule has 10 atom stereocenters. The van der Waals surface area contributed by atoms with Crippen molar-refractivity contribution >= 4 is 70.7 Å². The van der Waals surface area contributed by atoms with Gasteiger partial charge in [-0.2, -0.15) is 13.2 Å². The normalized spacial score (nSPS) is 28.2. The molecule has 3 aliphatic heterocycles. The first-order chi connectivity index (χ1) is 42.7. The molecule has 0 bridgehead atoms. The number of nitrogens with one attached hydrogen (secondary N) is 5. The van der Waals surface area contributed by atoms with Gasteiger partial charge >= 0.3 is 6.18 Å². The summed E-state index contributed by atoms with van der Waals surface area (Å²) in [5.74, 6) is -5.76. The number of nitrogens with zero attached hydrogens (tertiary/aromatic N) is 6. The molecule has 3 saturated heterocycles. The van der Waals surface area contributed by atoms with Gasteiger partial charge in [-0.25, -0.2) is 0 Å². The second kappa shape index (κ2) is 34.2. The Morgan fingerprint density at radius 3 is 1.98 bits per heavy atom. The number of hydrogen-bond donors (Lipinski definition) is 5. The van der Waals surface area contributed by atoms with Crippen LogP contribution in [0.4, 0.5) is 13.2 Å². The average Bonchev–Trinajstić information content (AvgIpc) is 1.64. The molecule has 1 saturated carbocycles. The molecule has 1 spiro atoms. The number of amides is 10. The number of aryl methyl sites for hydroxylation is 1. The number of ether oxygens (including phenoxy) is 1. The molecule has 0 aromatic heterocycles. The number of carbonyl (C=O) groups excluding carboxylic acids is 10. The summed E-state index contributed by atoms with van der Waals surface area (Å²) >= 11 is 6.10. The maximum Gasteiger partial charge on any atom is 0.417 e. The number of halogens is 4. The van der Waals surface area contributed by atoms with Gasteiger partial charge < -0.3 is 55.8 Å². The molecule has 5 N–H and O–H groups in total. The summed E-state index contributed by atoms with van der Waals surface area (Å²) in [4.78, 5) is 152. The van der Waals surface area contributed by atoms with E-state index in [1.54, 1.807) is 53.6 Å². The predicted octanol–water partition coefficient (Wildman–Crippen LogP) is 5.66. The van der Waals surface area contributed by atoms with E-state index in [1.807, 2.05) is 20.8 Å². The van der Waals surface area contributed by atoms with Crippen LogP contribution in [-0.2, 0) is 65.3 Å². The second-order valence-corrected chi connectivity index (χ2v) is 27.1. The number of likely N-dealkylation sites (N-methyl/N-ethyl adjacent to an activating group) is 5. The van der Waals surface area contributed by atoms with E-state index in [0.29, 0.717) is 44.1 Å². The van der Waals surface area contributed by atoms with Crippen LogP contribution >= 0.6 is 11.6 Å². The maximum absolute atomic E-state index is 15.0. The largest absolute Gasteiger partial charge is 0.417 e. The Morgan fingerprint density at radius 2 is 1.38 bits per heavy atom. The van der Waals surface area contributed by atoms with Crippen molar-refractivity contribution in [3.63, 3.8) is 0 Å². The molecule has 91 heavy (non-hydrogen) atoms. The zero-order chi connectivity index (χ0) is 67.8. The molecule has 1 unspecified atom stereocenters. The van der Waals surface area contributed by atoms with Crippen LogP contribution in [0, 0.1) is 23.7 Å². The number of epoxide rings is 1. The van der Waals surface area contributed by atoms with Crippen molar-refractivity contribution in [2.75, 3.05) is 68.0 Å². The molecule has 5 rings (SSSR count). The van der Waals surface area contributed by atoms with Crippen LogP contribution < -0.4 is 26.6 Å². The summed E-state index contributed by atoms with van der Waals surface area (Å²) in [6.07, 6.45) is 2.49. The molecule has 1 aliphatic carbocycles. The van der Waals surface area contributed by atoms with Crippen LogP contribution in [0.25, 0.3) is 0 Å². The molecular weight excluding hydrogens is 1200 g/mol. The Balaban J connectivity index is 1.47. The van der Waals surface area contributed by atoms with Gasteiger partial charge in [0.25, 0.3) is 0 Å². The highest BCUT2D eigenvalue weighted by Crippen LogP contribution is 2.38. The number of alkyl halides is 3. The molecule has 0 radical (unpaired) electrons. The molecule has 22 nitrogen and oxygen atoms in total. The summed E-state index contributed by atoms with van der Waals surface area (Å²) < 4.78 is 47.3. The van der Waals surface area contributed by atoms with Crippen molar-refractivity contribution in [3.05, 3.63) is 34.3 Å². The lowest BCUT2D eigenvalue weighted by molar-refractivity contribution is -0.145. The van der Waals surface area contributed by atoms with E-state index in [9.17, 15) is 61.1 Å². The number of benzene rings is 1. The van der Waals surface area contributed by atoms with Gasteiger partial charge in [0.15, 0.2) is 5.72 Å². The van der Waals surface area contributed by atoms with Crippen LogP contribution in [0.1, 0.15) is 169 Å². The molecule has 3 heterocycles. The van der Waals surface area contributed by atoms with E-state index in [4.69, 9.17) is 16.3 Å². The number of fused-ring (bicyclic) bond motifs is 1. The van der Waals surface area contributed by atoms with Crippen LogP contribution in [0.15, 0.2) is 18.2 Å². The van der Waals surface area contributed by atoms with E-state index in [-0.39, 0.29) is 88.4 Å². The van der Waals surface area contributed by atoms with Gasteiger partial charge in [0.05, 0.1) is 36.3 Å². The third kappa shape index (κ3) is 21.0. The fourth-order valence-electron chi connectivity index (χ4n) is 12.8. The zero-order valence-electron chi connectivity index (χ0n) is 55.9. The van der Waals surface area contributed by atoms with E-state index in [1.165, 1.54) is 51.7 Å². The van der Waals surface area contributed by atoms with E-state index >= 15 is 0 Å². The topological polar surface area (TPSA) is 263 Å². The zero-order valence-corrected chi connectivity index (χ0v) is 56.7. The minimum atomic E-state index is -4.71. The fraction of sp³-hybridized carbons (Fsp3) is 0.754. The Bertz CT molecular complexity index is 2710. The van der Waals surface area contributed by atoms with E-state index in [2.05, 4.69) is 26.6 Å². The van der Waals surface area contributed by atoms with Crippen LogP contribution in [0.2, 0.25) is 5.02 Å². The van der Waals surface area contributed by atoms with E-state index in [0.717, 1.165) is 44.2 Å². The van der Waals surface area contributed by atoms with Crippen molar-refractivity contribution in [1.29, 1.82) is 0 Å². The quantitative estimate of drug-likeness (QED) is 0.168. The standard InChI is InChI=1S/C65H103ClF3N11O11/c1-14-41(7)55-59(86)73-47(15-2)61(88)76(10)37-64(38-91-64)79(13)51(35-43-22-17-16-18-23-43)63(90)75(9)36-52(81)72-48(29-27-44-26-28-45(46(66)34-44)65(67,68)69)62(89)80-31-21-24-49(80)57(84)70-30-20-19-25-53(82)78(12)56(40(5)6)60(87)71-42(8)33-54(83)77(11)50(32-39(3)4)58(85)74-55/h26,28,34,39-43,47-51,55-56H,14-25,27,29-33,35-38H2,1-13H3,(H,70,84)(H,71,87)(H,72,81)(H,73,86)(H,74,85)/t41-,42+,47-,48-,49-,50-,51-,55-,56-,64?/m0/s1. The highest BCUT2D eigenvalue weighted by molar-refractivity contribution is 6.31. The van der Waals surface area contributed by atoms with Crippen molar-refractivity contribution < 1.29 is 65.9 Å². The van der Waals surface area contributed by atoms with Crippen LogP contribution in [0.5, 0.6) is 0 Å². The van der Waals surface area contributed by atoms with Crippen molar-refractivity contribution in [2.24, 2.45) is 23.7 Å². The molecule has 10 amide bonds. The second-order valence-electron chi connectivity index (χ2n) is 26.7. The van der Waals surface area contributed by atoms with Gasteiger partial charge in [0, 0.05) is 60.2 Å². The van der Waals surface area contributed by atoms with Gasteiger partial charge in [0.1, 0.15) is 36.3 Å². The van der Waals surface area contributed by atoms with E-state index < -0.39 is 136 Å². The third-order valence-corrected chi connectivity index (χ3v) is 19.0. The number of rotatable bonds is 11. The Labute approximate surface area is 541 Å². The van der Waals surface area contributed by atoms with Crippen LogP contribution in [-0.4, -0.2) is 211 Å². The summed E-state index contributed by atoms with van der Waals surface area (Å²) in [6, 6.07) is -4.65. The molecule has 512 valence electrons. The predicted molar refractivity (Wildman–Crippen MR) is 338 cm³/mol. The summed E-state index contributed by atoms with van der Waals surface area (Å²) in [6.45, 7) is 14.4. The minimum Gasteiger partial charge on any atom is -0.354 e. The number of hydrogen-bond acceptors (Lipinski definition) is 12. The Kier molecular flexibility index (Phi) is 28.4. The lowest BCUT2D eigenvalue weighted by atomic mass is 9.84. The van der Waals surface area contributed by atoms with Gasteiger partial charge in [-0.3, -0.25) is 52.8 Å². The highest BCUT2D eigenvalue weighted by Gasteiger charge is 2.54. The molecule has 1 aromatic carbocycles. The minimum absolute atomic E-state index is 0.00311. The van der Waals surface area contributed by atoms with Gasteiger partial charge in [-0.1, -0.05) is 105 Å². The SMILES string of the molecule is CC[C@@H]1NC(=O)[C@H]([C@@H](C)CC)NC(=O)[C@H](CC(C)C)N(C)C(=O)C[C@@H](C)NC(=O)[C@H](C(C)C)N(C)C(=O)CCCCNC(=O)[C@@H]2CCCN2C(=O)[C@H](CCc2ccc(C(F)(F)F)c(Cl)c2)NC(=O)CN(C)C(=O)[C@H](CC2CCCCC2)N(C)C2(CO2)CN(C)C1=O. The summed E-state index contributed by atoms with van der Waals surface area (Å²) in [5, 5.41) is 13.8. The van der Waals surface area contributed by atoms with Gasteiger partial charge in [-0.05, 0) is 113 Å². The lowest BCUT2D eigenvalue weighted by Crippen LogP contribution is -2.60. The molecule has 1 aromatic rings. The maximum atomic E-state index is 15.0. The summed E-state index contributed by atoms with van der Waals surface area (Å²) in [5.41, 5.74) is -1.82. The first kappa shape index (κ1) is 75.6. The van der Waals surface area contributed by atoms with Crippen molar-refractivity contribution in [1.82, 2.24) is 56.0 Å². The molecular formula is C65H103ClF3N11O11. The fourth-order valence-corrected chi connectivity index (χ4v) is 13.2. The van der Waals surface area contributed by atoms with Gasteiger partial charge in [-0.15, -0.1) is 0 Å². The highest BCUT2D eigenvalue weighted by atomic mass is 35.5. The van der Waals surface area contributed by atoms with Crippen LogP contribution in [0.3, 0.4) is 0 Å². The van der Waals surface area contributed by atoms with Gasteiger partial charge in [0.2, 0.25) is 59.1 Å². The Morgan fingerprint density at radius 1 is 0.714 bits per heavy atom. The summed E-state index contributed by atoms with van der Waals surface area (Å²) in [7, 11) is 7.83. The first-order valence-corrected chi connectivity index (χ1v) is 33.2. The first-order valence-electron chi connectivity index (χ1n) is 32.8. The van der Waals surface area contributed by atoms with Crippen molar-refractivity contribution in [2.45, 2.75) is 225 Å². The average molecular weight is 1310 g/mol.